The average Bonchev–Trinajstić information content (AvgIpc) is 3.52. The fourth-order valence-electron chi connectivity index (χ4n) is 3.48. The van der Waals surface area contributed by atoms with Gasteiger partial charge in [0.15, 0.2) is 0 Å². The molecule has 2 atom stereocenters. The number of carbonyl (C=O) groups is 2. The summed E-state index contributed by atoms with van der Waals surface area (Å²) in [6.45, 7) is 1.92. The first-order valence-electron chi connectivity index (χ1n) is 9.80. The van der Waals surface area contributed by atoms with Gasteiger partial charge in [0.1, 0.15) is 0 Å². The van der Waals surface area contributed by atoms with E-state index in [2.05, 4.69) is 16.0 Å². The first kappa shape index (κ1) is 20.0. The number of anilines is 3. The fraction of sp³-hybridized carbons (Fsp3) is 0.167. The van der Waals surface area contributed by atoms with Gasteiger partial charge in [-0.05, 0) is 60.7 Å². The van der Waals surface area contributed by atoms with E-state index in [0.717, 1.165) is 17.5 Å². The molecule has 0 saturated heterocycles. The van der Waals surface area contributed by atoms with Gasteiger partial charge in [-0.15, -0.1) is 0 Å². The number of benzene rings is 3. The number of hydrogen-bond acceptors (Lipinski definition) is 2. The Hall–Kier alpha value is -3.31. The first-order chi connectivity index (χ1) is 14.5. The van der Waals surface area contributed by atoms with Gasteiger partial charge < -0.3 is 16.0 Å². The molecule has 30 heavy (non-hydrogen) atoms. The van der Waals surface area contributed by atoms with Gasteiger partial charge in [-0.2, -0.15) is 0 Å². The Balaban J connectivity index is 1.39. The minimum atomic E-state index is -0.344. The van der Waals surface area contributed by atoms with Gasteiger partial charge in [0.2, 0.25) is 5.91 Å². The molecule has 1 saturated carbocycles. The smallest absolute Gasteiger partial charge is 0.323 e. The molecule has 3 amide bonds. The van der Waals surface area contributed by atoms with Crippen molar-refractivity contribution in [3.63, 3.8) is 0 Å². The summed E-state index contributed by atoms with van der Waals surface area (Å²) in [5.74, 6) is 0.0214. The van der Waals surface area contributed by atoms with E-state index in [1.165, 1.54) is 0 Å². The zero-order chi connectivity index (χ0) is 21.1. The number of amides is 3. The Morgan fingerprint density at radius 2 is 1.57 bits per heavy atom. The van der Waals surface area contributed by atoms with Crippen molar-refractivity contribution in [2.75, 3.05) is 16.0 Å². The monoisotopic (exact) mass is 419 g/mol. The lowest BCUT2D eigenvalue weighted by atomic mass is 10.1. The molecule has 0 radical (unpaired) electrons. The number of rotatable bonds is 5. The van der Waals surface area contributed by atoms with E-state index < -0.39 is 0 Å². The van der Waals surface area contributed by atoms with Crippen LogP contribution in [0.2, 0.25) is 5.02 Å². The first-order valence-corrected chi connectivity index (χ1v) is 10.2. The highest BCUT2D eigenvalue weighted by Gasteiger charge is 2.44. The van der Waals surface area contributed by atoms with Crippen molar-refractivity contribution in [2.24, 2.45) is 5.92 Å². The molecule has 3 aromatic rings. The highest BCUT2D eigenvalue weighted by molar-refractivity contribution is 6.31. The molecule has 0 aromatic heterocycles. The lowest BCUT2D eigenvalue weighted by Crippen LogP contribution is -2.20. The number of hydrogen-bond donors (Lipinski definition) is 3. The molecule has 4 rings (SSSR count). The molecule has 5 nitrogen and oxygen atoms in total. The summed E-state index contributed by atoms with van der Waals surface area (Å²) >= 11 is 6.26. The third-order valence-corrected chi connectivity index (χ3v) is 5.56. The van der Waals surface area contributed by atoms with Crippen LogP contribution in [-0.2, 0) is 4.79 Å². The zero-order valence-corrected chi connectivity index (χ0v) is 17.2. The van der Waals surface area contributed by atoms with E-state index in [0.29, 0.717) is 22.1 Å². The molecule has 0 aliphatic heterocycles. The summed E-state index contributed by atoms with van der Waals surface area (Å²) in [4.78, 5) is 25.0. The van der Waals surface area contributed by atoms with Crippen molar-refractivity contribution in [2.45, 2.75) is 19.3 Å². The molecular weight excluding hydrogens is 398 g/mol. The van der Waals surface area contributed by atoms with Crippen molar-refractivity contribution >= 4 is 40.6 Å². The van der Waals surface area contributed by atoms with E-state index in [4.69, 9.17) is 11.6 Å². The Kier molecular flexibility index (Phi) is 5.72. The lowest BCUT2D eigenvalue weighted by Gasteiger charge is -2.12. The highest BCUT2D eigenvalue weighted by Crippen LogP contribution is 2.50. The summed E-state index contributed by atoms with van der Waals surface area (Å²) in [5.41, 5.74) is 3.93. The number of urea groups is 1. The number of para-hydroxylation sites is 1. The summed E-state index contributed by atoms with van der Waals surface area (Å²) in [6, 6.07) is 22.0. The van der Waals surface area contributed by atoms with E-state index >= 15 is 0 Å². The van der Waals surface area contributed by atoms with Crippen molar-refractivity contribution in [3.05, 3.63) is 88.9 Å². The standard InChI is InChI=1S/C24H22ClN3O2/c1-15-11-12-17(27-24(30)26-16-7-3-2-4-8-16)13-22(15)28-23(29)20-14-19(20)18-9-5-6-10-21(18)25/h2-13,19-20H,14H2,1H3,(H,28,29)(H2,26,27,30). The number of carbonyl (C=O) groups excluding carboxylic acids is 2. The van der Waals surface area contributed by atoms with E-state index in [9.17, 15) is 9.59 Å². The van der Waals surface area contributed by atoms with Crippen LogP contribution < -0.4 is 16.0 Å². The Labute approximate surface area is 180 Å². The van der Waals surface area contributed by atoms with Crippen LogP contribution in [0.1, 0.15) is 23.5 Å². The highest BCUT2D eigenvalue weighted by atomic mass is 35.5. The van der Waals surface area contributed by atoms with Gasteiger partial charge >= 0.3 is 6.03 Å². The summed E-state index contributed by atoms with van der Waals surface area (Å²) < 4.78 is 0. The van der Waals surface area contributed by atoms with Gasteiger partial charge in [0.05, 0.1) is 0 Å². The van der Waals surface area contributed by atoms with E-state index in [-0.39, 0.29) is 23.8 Å². The molecule has 6 heteroatoms. The van der Waals surface area contributed by atoms with Crippen molar-refractivity contribution in [3.8, 4) is 0 Å². The predicted molar refractivity (Wildman–Crippen MR) is 121 cm³/mol. The minimum absolute atomic E-state index is 0.0334. The van der Waals surface area contributed by atoms with Gasteiger partial charge in [-0.25, -0.2) is 4.79 Å². The van der Waals surface area contributed by atoms with E-state index in [1.54, 1.807) is 12.1 Å². The summed E-state index contributed by atoms with van der Waals surface area (Å²) in [7, 11) is 0. The topological polar surface area (TPSA) is 70.2 Å². The third-order valence-electron chi connectivity index (χ3n) is 5.22. The van der Waals surface area contributed by atoms with Gasteiger partial charge in [-0.3, -0.25) is 4.79 Å². The number of aryl methyl sites for hydroxylation is 1. The largest absolute Gasteiger partial charge is 0.326 e. The second-order valence-corrected chi connectivity index (χ2v) is 7.84. The SMILES string of the molecule is Cc1ccc(NC(=O)Nc2ccccc2)cc1NC(=O)C1CC1c1ccccc1Cl. The van der Waals surface area contributed by atoms with Crippen LogP contribution in [0.5, 0.6) is 0 Å². The summed E-state index contributed by atoms with van der Waals surface area (Å²) in [5, 5.41) is 9.27. The minimum Gasteiger partial charge on any atom is -0.326 e. The van der Waals surface area contributed by atoms with Crippen molar-refractivity contribution < 1.29 is 9.59 Å². The maximum absolute atomic E-state index is 12.7. The van der Waals surface area contributed by atoms with Crippen LogP contribution in [0, 0.1) is 12.8 Å². The normalized spacial score (nSPS) is 17.1. The van der Waals surface area contributed by atoms with Crippen molar-refractivity contribution in [1.82, 2.24) is 0 Å². The second kappa shape index (κ2) is 8.59. The number of nitrogens with one attached hydrogen (secondary N) is 3. The second-order valence-electron chi connectivity index (χ2n) is 7.43. The molecule has 1 fully saturated rings. The molecular formula is C24H22ClN3O2. The molecule has 3 N–H and O–H groups in total. The van der Waals surface area contributed by atoms with Crippen LogP contribution in [-0.4, -0.2) is 11.9 Å². The van der Waals surface area contributed by atoms with Gasteiger partial charge in [0, 0.05) is 28.0 Å². The summed E-state index contributed by atoms with van der Waals surface area (Å²) in [6.07, 6.45) is 0.784. The maximum atomic E-state index is 12.7. The van der Waals surface area contributed by atoms with Crippen LogP contribution in [0.3, 0.4) is 0 Å². The Morgan fingerprint density at radius 3 is 2.33 bits per heavy atom. The molecule has 152 valence electrons. The predicted octanol–water partition coefficient (Wildman–Crippen LogP) is 6.03. The zero-order valence-electron chi connectivity index (χ0n) is 16.5. The average molecular weight is 420 g/mol. The van der Waals surface area contributed by atoms with Crippen LogP contribution in [0.15, 0.2) is 72.8 Å². The number of halogens is 1. The molecule has 1 aliphatic carbocycles. The quantitative estimate of drug-likeness (QED) is 0.472. The van der Waals surface area contributed by atoms with Gasteiger partial charge in [0.25, 0.3) is 0 Å². The third kappa shape index (κ3) is 4.63. The Bertz CT molecular complexity index is 1080. The molecule has 0 heterocycles. The van der Waals surface area contributed by atoms with Crippen LogP contribution in [0.25, 0.3) is 0 Å². The lowest BCUT2D eigenvalue weighted by molar-refractivity contribution is -0.117. The molecule has 0 spiro atoms. The van der Waals surface area contributed by atoms with Gasteiger partial charge in [-0.1, -0.05) is 54.1 Å². The molecule has 0 bridgehead atoms. The van der Waals surface area contributed by atoms with Crippen molar-refractivity contribution in [1.29, 1.82) is 0 Å². The molecule has 2 unspecified atom stereocenters. The molecule has 1 aliphatic rings. The Morgan fingerprint density at radius 1 is 0.867 bits per heavy atom. The molecule has 3 aromatic carbocycles. The fourth-order valence-corrected chi connectivity index (χ4v) is 3.75. The van der Waals surface area contributed by atoms with E-state index in [1.807, 2.05) is 67.6 Å². The maximum Gasteiger partial charge on any atom is 0.323 e. The van der Waals surface area contributed by atoms with Crippen LogP contribution in [0.4, 0.5) is 21.9 Å². The van der Waals surface area contributed by atoms with Crippen LogP contribution >= 0.6 is 11.6 Å².